The Morgan fingerprint density at radius 2 is 2.40 bits per heavy atom. The van der Waals surface area contributed by atoms with Gasteiger partial charge < -0.3 is 10.8 Å². The van der Waals surface area contributed by atoms with Crippen molar-refractivity contribution in [1.29, 1.82) is 0 Å². The summed E-state index contributed by atoms with van der Waals surface area (Å²) in [6, 6.07) is -0.782. The molecule has 0 aliphatic rings. The van der Waals surface area contributed by atoms with Gasteiger partial charge in [0, 0.05) is 4.58 Å². The van der Waals surface area contributed by atoms with Gasteiger partial charge in [-0.1, -0.05) is 0 Å². The molecule has 0 saturated carbocycles. The van der Waals surface area contributed by atoms with Crippen LogP contribution in [0.2, 0.25) is 0 Å². The lowest BCUT2D eigenvalue weighted by atomic mass is 10.2. The molecule has 0 aromatic heterocycles. The standard InChI is InChI=1S/C5H11NO2S2/c1-10-4(9)2-3(6)5(7)8/h3-4,9H,2,6H2,1H3,(H,7,8). The molecule has 5 heteroatoms. The van der Waals surface area contributed by atoms with E-state index in [4.69, 9.17) is 10.8 Å². The number of aliphatic carboxylic acids is 1. The number of carbonyl (C=O) groups is 1. The maximum absolute atomic E-state index is 10.2. The number of thioether (sulfide) groups is 1. The van der Waals surface area contributed by atoms with Crippen molar-refractivity contribution in [2.45, 2.75) is 17.0 Å². The van der Waals surface area contributed by atoms with Crippen molar-refractivity contribution in [2.75, 3.05) is 6.26 Å². The number of nitrogens with two attached hydrogens (primary N) is 1. The minimum atomic E-state index is -0.965. The molecule has 0 amide bonds. The van der Waals surface area contributed by atoms with E-state index in [1.807, 2.05) is 6.26 Å². The Hall–Kier alpha value is 0.130. The van der Waals surface area contributed by atoms with E-state index in [-0.39, 0.29) is 4.58 Å². The minimum Gasteiger partial charge on any atom is -0.480 e. The van der Waals surface area contributed by atoms with E-state index in [1.54, 1.807) is 0 Å². The summed E-state index contributed by atoms with van der Waals surface area (Å²) >= 11 is 5.57. The van der Waals surface area contributed by atoms with Gasteiger partial charge in [-0.15, -0.1) is 0 Å². The SMILES string of the molecule is CSC(S)CC(N)C(=O)O. The Balaban J connectivity index is 3.56. The Bertz CT molecular complexity index is 120. The number of hydrogen-bond acceptors (Lipinski definition) is 4. The van der Waals surface area contributed by atoms with Gasteiger partial charge in [-0.25, -0.2) is 0 Å². The van der Waals surface area contributed by atoms with Crippen LogP contribution in [0.3, 0.4) is 0 Å². The first-order chi connectivity index (χ1) is 4.57. The quantitative estimate of drug-likeness (QED) is 0.434. The zero-order valence-electron chi connectivity index (χ0n) is 5.65. The van der Waals surface area contributed by atoms with Crippen LogP contribution in [-0.2, 0) is 4.79 Å². The molecule has 0 fully saturated rings. The molecule has 60 valence electrons. The summed E-state index contributed by atoms with van der Waals surface area (Å²) in [5, 5.41) is 8.36. The van der Waals surface area contributed by atoms with Gasteiger partial charge >= 0.3 is 5.97 Å². The van der Waals surface area contributed by atoms with Gasteiger partial charge in [-0.2, -0.15) is 24.4 Å². The predicted octanol–water partition coefficient (Wildman–Crippen LogP) is 0.407. The molecule has 0 aliphatic heterocycles. The molecule has 0 aromatic rings. The van der Waals surface area contributed by atoms with Crippen molar-refractivity contribution in [3.63, 3.8) is 0 Å². The topological polar surface area (TPSA) is 63.3 Å². The third kappa shape index (κ3) is 4.03. The van der Waals surface area contributed by atoms with Crippen molar-refractivity contribution in [2.24, 2.45) is 5.73 Å². The fourth-order valence-corrected chi connectivity index (χ4v) is 1.04. The molecule has 0 aliphatic carbocycles. The summed E-state index contributed by atoms with van der Waals surface area (Å²) in [7, 11) is 0. The van der Waals surface area contributed by atoms with Crippen molar-refractivity contribution in [3.8, 4) is 0 Å². The molecule has 0 radical (unpaired) electrons. The first-order valence-electron chi connectivity index (χ1n) is 2.77. The lowest BCUT2D eigenvalue weighted by molar-refractivity contribution is -0.138. The molecule has 0 spiro atoms. The molecule has 0 saturated heterocycles. The van der Waals surface area contributed by atoms with Crippen LogP contribution in [0, 0.1) is 0 Å². The van der Waals surface area contributed by atoms with Gasteiger partial charge in [-0.05, 0) is 12.7 Å². The summed E-state index contributed by atoms with van der Waals surface area (Å²) in [5.41, 5.74) is 5.23. The molecular formula is C5H11NO2S2. The fraction of sp³-hybridized carbons (Fsp3) is 0.800. The number of carboxylic acid groups (broad SMARTS) is 1. The lowest BCUT2D eigenvalue weighted by Crippen LogP contribution is -2.31. The maximum atomic E-state index is 10.2. The van der Waals surface area contributed by atoms with Crippen LogP contribution in [0.5, 0.6) is 0 Å². The van der Waals surface area contributed by atoms with Gasteiger partial charge in [0.1, 0.15) is 6.04 Å². The zero-order chi connectivity index (χ0) is 8.15. The molecule has 0 heterocycles. The van der Waals surface area contributed by atoms with E-state index in [9.17, 15) is 4.79 Å². The predicted molar refractivity (Wildman–Crippen MR) is 46.5 cm³/mol. The lowest BCUT2D eigenvalue weighted by Gasteiger charge is -2.09. The average Bonchev–Trinajstić information content (AvgIpc) is 1.87. The van der Waals surface area contributed by atoms with E-state index < -0.39 is 12.0 Å². The van der Waals surface area contributed by atoms with Crippen molar-refractivity contribution in [3.05, 3.63) is 0 Å². The van der Waals surface area contributed by atoms with E-state index in [0.717, 1.165) is 0 Å². The van der Waals surface area contributed by atoms with Crippen LogP contribution >= 0.6 is 24.4 Å². The van der Waals surface area contributed by atoms with Gasteiger partial charge in [0.15, 0.2) is 0 Å². The van der Waals surface area contributed by atoms with E-state index in [1.165, 1.54) is 11.8 Å². The van der Waals surface area contributed by atoms with E-state index in [0.29, 0.717) is 6.42 Å². The third-order valence-corrected chi connectivity index (χ3v) is 2.62. The molecule has 3 nitrogen and oxygen atoms in total. The number of thiol groups is 1. The summed E-state index contributed by atoms with van der Waals surface area (Å²) in [6.45, 7) is 0. The van der Waals surface area contributed by atoms with Crippen LogP contribution in [0.1, 0.15) is 6.42 Å². The number of carboxylic acids is 1. The summed E-state index contributed by atoms with van der Waals surface area (Å²) in [4.78, 5) is 10.2. The maximum Gasteiger partial charge on any atom is 0.320 e. The highest BCUT2D eigenvalue weighted by molar-refractivity contribution is 8.09. The molecule has 2 atom stereocenters. The van der Waals surface area contributed by atoms with Crippen LogP contribution in [0.4, 0.5) is 0 Å². The van der Waals surface area contributed by atoms with Gasteiger partial charge in [0.25, 0.3) is 0 Å². The minimum absolute atomic E-state index is 0.0195. The zero-order valence-corrected chi connectivity index (χ0v) is 7.36. The van der Waals surface area contributed by atoms with Crippen LogP contribution < -0.4 is 5.73 Å². The smallest absolute Gasteiger partial charge is 0.320 e. The molecular weight excluding hydrogens is 170 g/mol. The summed E-state index contributed by atoms with van der Waals surface area (Å²) in [6.07, 6.45) is 2.27. The van der Waals surface area contributed by atoms with Crippen LogP contribution in [0.15, 0.2) is 0 Å². The number of hydrogen-bond donors (Lipinski definition) is 3. The second-order valence-electron chi connectivity index (χ2n) is 1.87. The first kappa shape index (κ1) is 10.1. The third-order valence-electron chi connectivity index (χ3n) is 1.04. The fourth-order valence-electron chi connectivity index (χ4n) is 0.414. The first-order valence-corrected chi connectivity index (χ1v) is 4.57. The normalized spacial score (nSPS) is 16.3. The highest BCUT2D eigenvalue weighted by atomic mass is 32.2. The second kappa shape index (κ2) is 4.87. The average molecular weight is 181 g/mol. The highest BCUT2D eigenvalue weighted by Crippen LogP contribution is 2.15. The van der Waals surface area contributed by atoms with E-state index >= 15 is 0 Å². The van der Waals surface area contributed by atoms with Crippen molar-refractivity contribution in [1.82, 2.24) is 0 Å². The second-order valence-corrected chi connectivity index (χ2v) is 3.88. The Morgan fingerprint density at radius 3 is 2.70 bits per heavy atom. The number of rotatable bonds is 4. The Morgan fingerprint density at radius 1 is 1.90 bits per heavy atom. The highest BCUT2D eigenvalue weighted by Gasteiger charge is 2.14. The van der Waals surface area contributed by atoms with E-state index in [2.05, 4.69) is 12.6 Å². The molecule has 0 rings (SSSR count). The van der Waals surface area contributed by atoms with Crippen LogP contribution in [-0.4, -0.2) is 28.0 Å². The summed E-state index contributed by atoms with van der Waals surface area (Å²) in [5.74, 6) is -0.965. The largest absolute Gasteiger partial charge is 0.480 e. The molecule has 0 bridgehead atoms. The van der Waals surface area contributed by atoms with Gasteiger partial charge in [0.2, 0.25) is 0 Å². The molecule has 3 N–H and O–H groups in total. The van der Waals surface area contributed by atoms with Crippen molar-refractivity contribution < 1.29 is 9.90 Å². The van der Waals surface area contributed by atoms with Gasteiger partial charge in [-0.3, -0.25) is 4.79 Å². The molecule has 0 aromatic carbocycles. The van der Waals surface area contributed by atoms with Gasteiger partial charge in [0.05, 0.1) is 0 Å². The Labute approximate surface area is 69.8 Å². The monoisotopic (exact) mass is 181 g/mol. The molecule has 2 unspecified atom stereocenters. The van der Waals surface area contributed by atoms with Crippen molar-refractivity contribution >= 4 is 30.4 Å². The Kier molecular flexibility index (Phi) is 4.93. The summed E-state index contributed by atoms with van der Waals surface area (Å²) < 4.78 is 0.0195. The van der Waals surface area contributed by atoms with Crippen LogP contribution in [0.25, 0.3) is 0 Å². The molecule has 10 heavy (non-hydrogen) atoms.